The van der Waals surface area contributed by atoms with Gasteiger partial charge in [0.05, 0.1) is 17.6 Å². The lowest BCUT2D eigenvalue weighted by Crippen LogP contribution is -2.35. The van der Waals surface area contributed by atoms with Crippen molar-refractivity contribution in [3.63, 3.8) is 0 Å². The normalized spacial score (nSPS) is 23.1. The molecule has 2 aliphatic heterocycles. The zero-order chi connectivity index (χ0) is 15.8. The third-order valence-electron chi connectivity index (χ3n) is 4.87. The molecule has 0 saturated carbocycles. The summed E-state index contributed by atoms with van der Waals surface area (Å²) in [6.07, 6.45) is 7.47. The predicted octanol–water partition coefficient (Wildman–Crippen LogP) is 3.85. The molecule has 4 rings (SSSR count). The summed E-state index contributed by atoms with van der Waals surface area (Å²) < 4.78 is 13.3. The Bertz CT molecular complexity index is 724. The minimum atomic E-state index is -0.204. The van der Waals surface area contributed by atoms with Crippen LogP contribution in [0.4, 0.5) is 4.39 Å². The molecule has 3 nitrogen and oxygen atoms in total. The van der Waals surface area contributed by atoms with Crippen LogP contribution >= 0.6 is 0 Å². The van der Waals surface area contributed by atoms with E-state index >= 15 is 0 Å². The van der Waals surface area contributed by atoms with E-state index < -0.39 is 0 Å². The van der Waals surface area contributed by atoms with E-state index in [1.54, 1.807) is 0 Å². The summed E-state index contributed by atoms with van der Waals surface area (Å²) in [5.74, 6) is -0.204. The maximum absolute atomic E-state index is 13.3. The highest BCUT2D eigenvalue weighted by molar-refractivity contribution is 5.91. The summed E-state index contributed by atoms with van der Waals surface area (Å²) in [6, 6.07) is 11.4. The van der Waals surface area contributed by atoms with Gasteiger partial charge in [0, 0.05) is 24.0 Å². The summed E-state index contributed by atoms with van der Waals surface area (Å²) in [5.41, 5.74) is 4.50. The van der Waals surface area contributed by atoms with Crippen molar-refractivity contribution >= 4 is 11.4 Å². The zero-order valence-corrected chi connectivity index (χ0v) is 13.2. The topological polar surface area (TPSA) is 28.2 Å². The van der Waals surface area contributed by atoms with Gasteiger partial charge in [-0.25, -0.2) is 4.39 Å². The number of pyridine rings is 1. The van der Waals surface area contributed by atoms with Gasteiger partial charge in [-0.05, 0) is 61.2 Å². The highest BCUT2D eigenvalue weighted by Gasteiger charge is 2.40. The largest absolute Gasteiger partial charge is 0.363 e. The lowest BCUT2D eigenvalue weighted by Gasteiger charge is -2.28. The summed E-state index contributed by atoms with van der Waals surface area (Å²) >= 11 is 0. The second-order valence-corrected chi connectivity index (χ2v) is 6.17. The summed E-state index contributed by atoms with van der Waals surface area (Å²) in [5, 5.41) is 3.66. The number of nitrogens with zero attached hydrogens (tertiary/aromatic N) is 2. The van der Waals surface area contributed by atoms with Crippen LogP contribution in [0.2, 0.25) is 0 Å². The highest BCUT2D eigenvalue weighted by Crippen LogP contribution is 2.42. The first-order valence-electron chi connectivity index (χ1n) is 8.23. The fraction of sp³-hybridized carbons (Fsp3) is 0.316. The average molecular weight is 309 g/mol. The number of fused-ring (bicyclic) bond motifs is 1. The summed E-state index contributed by atoms with van der Waals surface area (Å²) in [7, 11) is 0. The molecule has 1 saturated heterocycles. The molecule has 1 aromatic carbocycles. The SMILES string of the molecule is CC[C@@H]1CCC2NC(c3ccc(F)cc3)=C(c3ccncc3)N21. The molecule has 1 aromatic heterocycles. The molecular weight excluding hydrogens is 289 g/mol. The monoisotopic (exact) mass is 309 g/mol. The molecule has 1 fully saturated rings. The predicted molar refractivity (Wildman–Crippen MR) is 89.5 cm³/mol. The Labute approximate surface area is 135 Å². The quantitative estimate of drug-likeness (QED) is 0.933. The van der Waals surface area contributed by atoms with E-state index in [2.05, 4.69) is 22.1 Å². The van der Waals surface area contributed by atoms with E-state index in [4.69, 9.17) is 0 Å². The van der Waals surface area contributed by atoms with Crippen molar-refractivity contribution in [2.24, 2.45) is 0 Å². The van der Waals surface area contributed by atoms with Crippen LogP contribution in [0.25, 0.3) is 11.4 Å². The number of aromatic nitrogens is 1. The second-order valence-electron chi connectivity index (χ2n) is 6.17. The Morgan fingerprint density at radius 3 is 2.52 bits per heavy atom. The van der Waals surface area contributed by atoms with Crippen LogP contribution in [-0.2, 0) is 0 Å². The maximum atomic E-state index is 13.3. The summed E-state index contributed by atoms with van der Waals surface area (Å²) in [6.45, 7) is 2.24. The standard InChI is InChI=1S/C19H20FN3/c1-2-16-7-8-17-22-18(13-3-5-15(20)6-4-13)19(23(16)17)14-9-11-21-12-10-14/h3-6,9-12,16-17,22H,2,7-8H2,1H3/t16-,17?/m1/s1. The van der Waals surface area contributed by atoms with E-state index in [0.717, 1.165) is 29.7 Å². The van der Waals surface area contributed by atoms with Crippen molar-refractivity contribution < 1.29 is 4.39 Å². The van der Waals surface area contributed by atoms with E-state index in [-0.39, 0.29) is 5.82 Å². The van der Waals surface area contributed by atoms with Gasteiger partial charge < -0.3 is 10.2 Å². The lowest BCUT2D eigenvalue weighted by atomic mass is 10.0. The smallest absolute Gasteiger partial charge is 0.123 e. The molecule has 0 aliphatic carbocycles. The molecule has 23 heavy (non-hydrogen) atoms. The van der Waals surface area contributed by atoms with Crippen molar-refractivity contribution in [1.82, 2.24) is 15.2 Å². The maximum Gasteiger partial charge on any atom is 0.123 e. The van der Waals surface area contributed by atoms with E-state index in [1.807, 2.05) is 36.7 Å². The molecule has 2 atom stereocenters. The number of hydrogen-bond donors (Lipinski definition) is 1. The molecule has 1 unspecified atom stereocenters. The average Bonchev–Trinajstić information content (AvgIpc) is 3.15. The van der Waals surface area contributed by atoms with Crippen LogP contribution in [0.5, 0.6) is 0 Å². The van der Waals surface area contributed by atoms with Crippen molar-refractivity contribution in [2.75, 3.05) is 0 Å². The third-order valence-corrected chi connectivity index (χ3v) is 4.87. The van der Waals surface area contributed by atoms with Crippen LogP contribution < -0.4 is 5.32 Å². The fourth-order valence-corrected chi connectivity index (χ4v) is 3.77. The van der Waals surface area contributed by atoms with Gasteiger partial charge in [-0.3, -0.25) is 4.98 Å². The number of benzene rings is 1. The first-order valence-corrected chi connectivity index (χ1v) is 8.23. The van der Waals surface area contributed by atoms with Crippen LogP contribution in [0, 0.1) is 5.82 Å². The van der Waals surface area contributed by atoms with Crippen LogP contribution in [-0.4, -0.2) is 22.1 Å². The Kier molecular flexibility index (Phi) is 3.52. The van der Waals surface area contributed by atoms with E-state index in [0.29, 0.717) is 12.2 Å². The number of halogens is 1. The number of rotatable bonds is 3. The number of hydrogen-bond acceptors (Lipinski definition) is 3. The first-order chi connectivity index (χ1) is 11.3. The zero-order valence-electron chi connectivity index (χ0n) is 13.2. The van der Waals surface area contributed by atoms with Crippen molar-refractivity contribution in [2.45, 2.75) is 38.4 Å². The molecule has 0 radical (unpaired) electrons. The second kappa shape index (κ2) is 5.69. The summed E-state index contributed by atoms with van der Waals surface area (Å²) in [4.78, 5) is 6.65. The molecule has 2 aromatic rings. The lowest BCUT2D eigenvalue weighted by molar-refractivity contribution is 0.292. The molecule has 3 heterocycles. The van der Waals surface area contributed by atoms with Gasteiger partial charge in [-0.1, -0.05) is 6.92 Å². The molecule has 4 heteroatoms. The minimum Gasteiger partial charge on any atom is -0.363 e. The van der Waals surface area contributed by atoms with Gasteiger partial charge >= 0.3 is 0 Å². The van der Waals surface area contributed by atoms with Gasteiger partial charge in [0.25, 0.3) is 0 Å². The van der Waals surface area contributed by atoms with Crippen LogP contribution in [0.3, 0.4) is 0 Å². The Morgan fingerprint density at radius 1 is 1.09 bits per heavy atom. The molecular formula is C19H20FN3. The van der Waals surface area contributed by atoms with Crippen LogP contribution in [0.15, 0.2) is 48.8 Å². The molecule has 0 bridgehead atoms. The van der Waals surface area contributed by atoms with Gasteiger partial charge in [-0.15, -0.1) is 0 Å². The Balaban J connectivity index is 1.86. The number of nitrogens with one attached hydrogen (secondary N) is 1. The molecule has 0 spiro atoms. The van der Waals surface area contributed by atoms with Crippen molar-refractivity contribution in [3.05, 3.63) is 65.7 Å². The van der Waals surface area contributed by atoms with E-state index in [1.165, 1.54) is 24.3 Å². The molecule has 2 aliphatic rings. The molecule has 1 N–H and O–H groups in total. The fourth-order valence-electron chi connectivity index (χ4n) is 3.77. The van der Waals surface area contributed by atoms with Crippen molar-refractivity contribution in [3.8, 4) is 0 Å². The van der Waals surface area contributed by atoms with Crippen LogP contribution in [0.1, 0.15) is 37.3 Å². The van der Waals surface area contributed by atoms with E-state index in [9.17, 15) is 4.39 Å². The minimum absolute atomic E-state index is 0.204. The van der Waals surface area contributed by atoms with Crippen molar-refractivity contribution in [1.29, 1.82) is 0 Å². The Morgan fingerprint density at radius 2 is 1.83 bits per heavy atom. The molecule has 118 valence electrons. The molecule has 0 amide bonds. The first kappa shape index (κ1) is 14.2. The highest BCUT2D eigenvalue weighted by atomic mass is 19.1. The van der Waals surface area contributed by atoms with Gasteiger partial charge in [0.2, 0.25) is 0 Å². The van der Waals surface area contributed by atoms with Gasteiger partial charge in [0.15, 0.2) is 0 Å². The third kappa shape index (κ3) is 2.38. The van der Waals surface area contributed by atoms with Gasteiger partial charge in [0.1, 0.15) is 5.82 Å². The van der Waals surface area contributed by atoms with Gasteiger partial charge in [-0.2, -0.15) is 0 Å². The Hall–Kier alpha value is -2.36.